The number of aryl methyl sites for hydroxylation is 1. The average Bonchev–Trinajstić information content (AvgIpc) is 2.96. The molecule has 144 valence electrons. The summed E-state index contributed by atoms with van der Waals surface area (Å²) in [6, 6.07) is 5.97. The van der Waals surface area contributed by atoms with Gasteiger partial charge in [-0.15, -0.1) is 0 Å². The second-order valence-corrected chi connectivity index (χ2v) is 7.21. The van der Waals surface area contributed by atoms with Crippen molar-refractivity contribution in [3.8, 4) is 0 Å². The van der Waals surface area contributed by atoms with Crippen LogP contribution in [0.1, 0.15) is 5.56 Å². The van der Waals surface area contributed by atoms with E-state index in [4.69, 9.17) is 9.47 Å². The molecule has 2 fully saturated rings. The van der Waals surface area contributed by atoms with Crippen molar-refractivity contribution in [3.05, 3.63) is 48.0 Å². The lowest BCUT2D eigenvalue weighted by Gasteiger charge is -2.43. The van der Waals surface area contributed by atoms with Crippen LogP contribution in [0.25, 0.3) is 0 Å². The molecule has 2 aromatic rings. The van der Waals surface area contributed by atoms with Crippen molar-refractivity contribution in [2.45, 2.75) is 12.1 Å². The fraction of sp³-hybridized carbons (Fsp3) is 0.474. The van der Waals surface area contributed by atoms with Crippen LogP contribution >= 0.6 is 0 Å². The number of hydrogen-bond donors (Lipinski definition) is 0. The third-order valence-corrected chi connectivity index (χ3v) is 4.98. The lowest BCUT2D eigenvalue weighted by atomic mass is 10.0. The average molecular weight is 374 g/mol. The molecule has 2 saturated heterocycles. The largest absolute Gasteiger partial charge is 0.377 e. The van der Waals surface area contributed by atoms with Crippen molar-refractivity contribution in [1.82, 2.24) is 14.7 Å². The third-order valence-electron chi connectivity index (χ3n) is 4.98. The van der Waals surface area contributed by atoms with E-state index < -0.39 is 5.60 Å². The molecule has 0 radical (unpaired) electrons. The summed E-state index contributed by atoms with van der Waals surface area (Å²) in [5.74, 6) is -0.454. The Morgan fingerprint density at radius 3 is 2.81 bits per heavy atom. The minimum absolute atomic E-state index is 0.0124. The number of hydrogen-bond acceptors (Lipinski definition) is 5. The first-order chi connectivity index (χ1) is 13.0. The van der Waals surface area contributed by atoms with Gasteiger partial charge in [0.15, 0.2) is 0 Å². The Balaban J connectivity index is 1.52. The van der Waals surface area contributed by atoms with Crippen molar-refractivity contribution < 1.29 is 18.7 Å². The molecule has 1 unspecified atom stereocenters. The maximum atomic E-state index is 13.3. The predicted molar refractivity (Wildman–Crippen MR) is 96.7 cm³/mol. The second kappa shape index (κ2) is 7.38. The Labute approximate surface area is 157 Å². The summed E-state index contributed by atoms with van der Waals surface area (Å²) in [4.78, 5) is 16.3. The van der Waals surface area contributed by atoms with E-state index >= 15 is 0 Å². The molecule has 27 heavy (non-hydrogen) atoms. The van der Waals surface area contributed by atoms with Crippen molar-refractivity contribution in [1.29, 1.82) is 0 Å². The molecule has 1 aromatic heterocycles. The SMILES string of the molecule is Cn1cc(CN2CCOCC3(C2)CN(c2ccc(F)cc2)C(=O)CO3)cn1. The summed E-state index contributed by atoms with van der Waals surface area (Å²) in [6.45, 7) is 3.56. The summed E-state index contributed by atoms with van der Waals surface area (Å²) in [7, 11) is 1.90. The topological polar surface area (TPSA) is 59.8 Å². The van der Waals surface area contributed by atoms with E-state index in [1.165, 1.54) is 12.1 Å². The number of morpholine rings is 1. The number of ether oxygens (including phenoxy) is 2. The maximum absolute atomic E-state index is 13.3. The van der Waals surface area contributed by atoms with Crippen LogP contribution in [0.15, 0.2) is 36.7 Å². The highest BCUT2D eigenvalue weighted by Gasteiger charge is 2.43. The summed E-state index contributed by atoms with van der Waals surface area (Å²) in [6.07, 6.45) is 3.85. The molecular formula is C19H23FN4O3. The fourth-order valence-corrected chi connectivity index (χ4v) is 3.68. The Morgan fingerprint density at radius 2 is 2.07 bits per heavy atom. The van der Waals surface area contributed by atoms with Gasteiger partial charge in [-0.3, -0.25) is 14.4 Å². The van der Waals surface area contributed by atoms with Crippen LogP contribution in [0.3, 0.4) is 0 Å². The zero-order chi connectivity index (χ0) is 18.9. The number of anilines is 1. The second-order valence-electron chi connectivity index (χ2n) is 7.21. The molecule has 2 aliphatic rings. The van der Waals surface area contributed by atoms with Crippen molar-refractivity contribution in [2.24, 2.45) is 7.05 Å². The Bertz CT molecular complexity index is 810. The number of aromatic nitrogens is 2. The number of carbonyl (C=O) groups is 1. The van der Waals surface area contributed by atoms with Crippen LogP contribution in [0.2, 0.25) is 0 Å². The summed E-state index contributed by atoms with van der Waals surface area (Å²) in [5.41, 5.74) is 1.19. The van der Waals surface area contributed by atoms with Gasteiger partial charge in [-0.05, 0) is 24.3 Å². The van der Waals surface area contributed by atoms with E-state index in [2.05, 4.69) is 10.00 Å². The molecule has 7 nitrogen and oxygen atoms in total. The first-order valence-corrected chi connectivity index (χ1v) is 9.01. The first kappa shape index (κ1) is 18.1. The monoisotopic (exact) mass is 374 g/mol. The van der Waals surface area contributed by atoms with E-state index in [0.717, 1.165) is 18.7 Å². The maximum Gasteiger partial charge on any atom is 0.253 e. The van der Waals surface area contributed by atoms with Crippen LogP contribution < -0.4 is 4.90 Å². The predicted octanol–water partition coefficient (Wildman–Crippen LogP) is 1.19. The van der Waals surface area contributed by atoms with E-state index in [1.807, 2.05) is 19.4 Å². The molecule has 1 aromatic carbocycles. The molecule has 4 rings (SSSR count). The van der Waals surface area contributed by atoms with Gasteiger partial charge in [0.25, 0.3) is 5.91 Å². The summed E-state index contributed by atoms with van der Waals surface area (Å²) >= 11 is 0. The molecule has 0 bridgehead atoms. The quantitative estimate of drug-likeness (QED) is 0.808. The Morgan fingerprint density at radius 1 is 1.26 bits per heavy atom. The van der Waals surface area contributed by atoms with Crippen molar-refractivity contribution in [2.75, 3.05) is 44.4 Å². The molecule has 3 heterocycles. The highest BCUT2D eigenvalue weighted by atomic mass is 19.1. The van der Waals surface area contributed by atoms with Gasteiger partial charge in [-0.1, -0.05) is 0 Å². The molecular weight excluding hydrogens is 351 g/mol. The molecule has 2 aliphatic heterocycles. The number of carbonyl (C=O) groups excluding carboxylic acids is 1. The molecule has 0 aliphatic carbocycles. The minimum atomic E-state index is -0.610. The first-order valence-electron chi connectivity index (χ1n) is 9.01. The van der Waals surface area contributed by atoms with Gasteiger partial charge in [0.2, 0.25) is 0 Å². The zero-order valence-corrected chi connectivity index (χ0v) is 15.3. The highest BCUT2D eigenvalue weighted by molar-refractivity contribution is 5.95. The zero-order valence-electron chi connectivity index (χ0n) is 15.3. The van der Waals surface area contributed by atoms with E-state index in [1.54, 1.807) is 21.7 Å². The Hall–Kier alpha value is -2.29. The van der Waals surface area contributed by atoms with Gasteiger partial charge < -0.3 is 14.4 Å². The summed E-state index contributed by atoms with van der Waals surface area (Å²) < 4.78 is 26.8. The molecule has 0 saturated carbocycles. The van der Waals surface area contributed by atoms with Crippen LogP contribution in [0.4, 0.5) is 10.1 Å². The van der Waals surface area contributed by atoms with Gasteiger partial charge in [-0.25, -0.2) is 4.39 Å². The number of benzene rings is 1. The van der Waals surface area contributed by atoms with Gasteiger partial charge in [0.1, 0.15) is 18.0 Å². The van der Waals surface area contributed by atoms with Crippen LogP contribution in [-0.2, 0) is 27.9 Å². The smallest absolute Gasteiger partial charge is 0.253 e. The standard InChI is InChI=1S/C19H23FN4O3/c1-22-9-15(8-21-22)10-23-6-7-26-14-19(12-23)13-24(18(25)11-27-19)17-4-2-16(20)3-5-17/h2-5,8-9H,6-7,10-14H2,1H3. The number of nitrogens with zero attached hydrogens (tertiary/aromatic N) is 4. The van der Waals surface area contributed by atoms with Crippen LogP contribution in [0.5, 0.6) is 0 Å². The number of halogens is 1. The van der Waals surface area contributed by atoms with Gasteiger partial charge in [-0.2, -0.15) is 5.10 Å². The normalized spacial score (nSPS) is 24.4. The van der Waals surface area contributed by atoms with Gasteiger partial charge in [0.05, 0.1) is 26.0 Å². The van der Waals surface area contributed by atoms with E-state index in [-0.39, 0.29) is 18.3 Å². The van der Waals surface area contributed by atoms with E-state index in [9.17, 15) is 9.18 Å². The highest BCUT2D eigenvalue weighted by Crippen LogP contribution is 2.28. The van der Waals surface area contributed by atoms with Crippen molar-refractivity contribution in [3.63, 3.8) is 0 Å². The molecule has 1 atom stereocenters. The molecule has 0 N–H and O–H groups in total. The third kappa shape index (κ3) is 4.02. The summed E-state index contributed by atoms with van der Waals surface area (Å²) in [5, 5.41) is 4.22. The fourth-order valence-electron chi connectivity index (χ4n) is 3.68. The van der Waals surface area contributed by atoms with E-state index in [0.29, 0.717) is 32.0 Å². The lowest BCUT2D eigenvalue weighted by Crippen LogP contribution is -2.60. The molecule has 1 amide bonds. The van der Waals surface area contributed by atoms with Gasteiger partial charge in [0, 0.05) is 44.1 Å². The van der Waals surface area contributed by atoms with Gasteiger partial charge >= 0.3 is 0 Å². The number of rotatable bonds is 3. The molecule has 1 spiro atoms. The van der Waals surface area contributed by atoms with Crippen LogP contribution in [-0.4, -0.2) is 65.6 Å². The van der Waals surface area contributed by atoms with Crippen LogP contribution in [0, 0.1) is 5.82 Å². The number of amides is 1. The van der Waals surface area contributed by atoms with Crippen molar-refractivity contribution >= 4 is 11.6 Å². The Kier molecular flexibility index (Phi) is 4.94. The molecule has 8 heteroatoms. The minimum Gasteiger partial charge on any atom is -0.377 e. The lowest BCUT2D eigenvalue weighted by molar-refractivity contribution is -0.146.